The van der Waals surface area contributed by atoms with E-state index in [1.165, 1.54) is 0 Å². The number of alkyl carbamates (subject to hydrolysis) is 1. The van der Waals surface area contributed by atoms with Gasteiger partial charge in [-0.15, -0.1) is 0 Å². The highest BCUT2D eigenvalue weighted by Crippen LogP contribution is 2.54. The highest BCUT2D eigenvalue weighted by atomic mass is 31.2. The summed E-state index contributed by atoms with van der Waals surface area (Å²) >= 11 is 0. The van der Waals surface area contributed by atoms with Crippen LogP contribution in [0, 0.1) is 0 Å². The number of carbonyl (C=O) groups is 1. The van der Waals surface area contributed by atoms with Crippen LogP contribution in [0.3, 0.4) is 0 Å². The molecule has 0 bridgehead atoms. The summed E-state index contributed by atoms with van der Waals surface area (Å²) in [5, 5.41) is 2.42. The summed E-state index contributed by atoms with van der Waals surface area (Å²) in [6, 6.07) is 0. The Morgan fingerprint density at radius 2 is 2.08 bits per heavy atom. The van der Waals surface area contributed by atoms with Gasteiger partial charge in [-0.05, 0) is 39.3 Å². The van der Waals surface area contributed by atoms with Crippen LogP contribution < -0.4 is 5.32 Å². The summed E-state index contributed by atoms with van der Waals surface area (Å²) in [5.74, 6) is 0. The van der Waals surface area contributed by atoms with Crippen LogP contribution >= 0.6 is 7.49 Å². The van der Waals surface area contributed by atoms with Crippen molar-refractivity contribution < 1.29 is 14.4 Å². The molecule has 77 valence electrons. The highest BCUT2D eigenvalue weighted by Gasteiger charge is 2.28. The van der Waals surface area contributed by atoms with Crippen LogP contribution in [-0.4, -0.2) is 43.1 Å². The van der Waals surface area contributed by atoms with Crippen LogP contribution in [0.5, 0.6) is 0 Å². The van der Waals surface area contributed by atoms with E-state index >= 15 is 0 Å². The number of ether oxygens (including phenoxy) is 1. The molecule has 0 saturated carbocycles. The summed E-state index contributed by atoms with van der Waals surface area (Å²) in [6.45, 7) is 1.93. The lowest BCUT2D eigenvalue weighted by molar-refractivity contribution is 0.0928. The average molecular weight is 206 g/mol. The zero-order valence-corrected chi connectivity index (χ0v) is 9.01. The fourth-order valence-electron chi connectivity index (χ4n) is 1.43. The first-order valence-electron chi connectivity index (χ1n) is 4.49. The van der Waals surface area contributed by atoms with E-state index in [2.05, 4.69) is 5.32 Å². The van der Waals surface area contributed by atoms with Crippen molar-refractivity contribution in [1.29, 1.82) is 0 Å². The van der Waals surface area contributed by atoms with Crippen LogP contribution in [0.15, 0.2) is 0 Å². The van der Waals surface area contributed by atoms with Crippen molar-refractivity contribution in [2.75, 3.05) is 26.0 Å². The van der Waals surface area contributed by atoms with Crippen LogP contribution in [-0.2, 0) is 4.74 Å². The lowest BCUT2D eigenvalue weighted by Gasteiger charge is -2.33. The Morgan fingerprint density at radius 3 is 2.54 bits per heavy atom. The molecule has 0 aliphatic carbocycles. The fourth-order valence-corrected chi connectivity index (χ4v) is 3.34. The molecule has 1 aliphatic rings. The van der Waals surface area contributed by atoms with Crippen LogP contribution in [0.2, 0.25) is 0 Å². The number of carbonyl (C=O) groups excluding carboxylic acids is 1. The summed E-state index contributed by atoms with van der Waals surface area (Å²) < 4.78 is 5.09. The van der Waals surface area contributed by atoms with E-state index in [0.29, 0.717) is 0 Å². The summed E-state index contributed by atoms with van der Waals surface area (Å²) in [5.41, 5.74) is 0. The predicted octanol–water partition coefficient (Wildman–Crippen LogP) is 1.06. The Kier molecular flexibility index (Phi) is 3.51. The maximum absolute atomic E-state index is 10.9. The Bertz CT molecular complexity index is 186. The van der Waals surface area contributed by atoms with Crippen molar-refractivity contribution in [2.24, 2.45) is 0 Å². The summed E-state index contributed by atoms with van der Waals surface area (Å²) in [7, 11) is -0.0876. The SMILES string of the molecule is CNC(=O)OC1CC[P](C)(O)CC1. The Labute approximate surface area is 79.1 Å². The molecule has 13 heavy (non-hydrogen) atoms. The number of hydrogen-bond donors (Lipinski definition) is 2. The minimum absolute atomic E-state index is 0.000162. The smallest absolute Gasteiger partial charge is 0.407 e. The van der Waals surface area contributed by atoms with Gasteiger partial charge in [0.25, 0.3) is 0 Å². The van der Waals surface area contributed by atoms with Gasteiger partial charge in [-0.2, -0.15) is 0 Å². The third-order valence-electron chi connectivity index (χ3n) is 2.34. The van der Waals surface area contributed by atoms with Gasteiger partial charge in [0.05, 0.1) is 0 Å². The molecule has 1 aliphatic heterocycles. The van der Waals surface area contributed by atoms with Crippen molar-refractivity contribution in [3.8, 4) is 0 Å². The Morgan fingerprint density at radius 1 is 1.54 bits per heavy atom. The van der Waals surface area contributed by atoms with E-state index in [4.69, 9.17) is 4.74 Å². The van der Waals surface area contributed by atoms with E-state index in [-0.39, 0.29) is 12.2 Å². The molecule has 1 rings (SSSR count). The predicted molar refractivity (Wildman–Crippen MR) is 53.4 cm³/mol. The molecule has 0 unspecified atom stereocenters. The molecule has 0 spiro atoms. The number of hydrogen-bond acceptors (Lipinski definition) is 3. The van der Waals surface area contributed by atoms with Gasteiger partial charge in [0, 0.05) is 7.05 Å². The van der Waals surface area contributed by atoms with Gasteiger partial charge in [0.2, 0.25) is 0 Å². The Balaban J connectivity index is 2.29. The van der Waals surface area contributed by atoms with Gasteiger partial charge in [0.15, 0.2) is 0 Å². The molecular formula is C8H17NO3P. The van der Waals surface area contributed by atoms with Gasteiger partial charge in [-0.25, -0.2) is 4.79 Å². The molecule has 1 radical (unpaired) electrons. The second-order valence-corrected chi connectivity index (χ2v) is 7.21. The van der Waals surface area contributed by atoms with Crippen molar-refractivity contribution in [2.45, 2.75) is 18.9 Å². The van der Waals surface area contributed by atoms with Crippen molar-refractivity contribution in [3.63, 3.8) is 0 Å². The quantitative estimate of drug-likeness (QED) is 0.631. The molecule has 1 heterocycles. The Hall–Kier alpha value is -0.340. The number of nitrogens with one attached hydrogen (secondary N) is 1. The normalized spacial score (nSPS) is 33.9. The monoisotopic (exact) mass is 206 g/mol. The molecule has 1 fully saturated rings. The van der Waals surface area contributed by atoms with Gasteiger partial charge >= 0.3 is 6.09 Å². The van der Waals surface area contributed by atoms with E-state index < -0.39 is 7.49 Å². The van der Waals surface area contributed by atoms with Gasteiger partial charge in [0.1, 0.15) is 6.10 Å². The molecule has 0 atom stereocenters. The second kappa shape index (κ2) is 4.25. The largest absolute Gasteiger partial charge is 0.446 e. The third-order valence-corrected chi connectivity index (χ3v) is 4.79. The van der Waals surface area contributed by atoms with E-state index in [0.717, 1.165) is 25.2 Å². The highest BCUT2D eigenvalue weighted by molar-refractivity contribution is 7.69. The zero-order chi connectivity index (χ0) is 9.90. The zero-order valence-electron chi connectivity index (χ0n) is 8.12. The molecular weight excluding hydrogens is 189 g/mol. The summed E-state index contributed by atoms with van der Waals surface area (Å²) in [6.07, 6.45) is 2.86. The molecule has 0 aromatic carbocycles. The molecule has 1 saturated heterocycles. The first-order chi connectivity index (χ1) is 6.03. The van der Waals surface area contributed by atoms with Gasteiger partial charge in [-0.1, -0.05) is 0 Å². The van der Waals surface area contributed by atoms with Crippen molar-refractivity contribution in [1.82, 2.24) is 5.32 Å². The van der Waals surface area contributed by atoms with E-state index in [1.54, 1.807) is 7.05 Å². The second-order valence-electron chi connectivity index (χ2n) is 3.64. The van der Waals surface area contributed by atoms with Crippen LogP contribution in [0.4, 0.5) is 4.79 Å². The molecule has 4 nitrogen and oxygen atoms in total. The summed E-state index contributed by atoms with van der Waals surface area (Å²) in [4.78, 5) is 20.6. The first-order valence-corrected chi connectivity index (χ1v) is 7.05. The lowest BCUT2D eigenvalue weighted by Crippen LogP contribution is -2.30. The molecule has 0 aromatic heterocycles. The molecule has 5 heteroatoms. The minimum Gasteiger partial charge on any atom is -0.446 e. The average Bonchev–Trinajstić information content (AvgIpc) is 2.08. The third kappa shape index (κ3) is 3.49. The molecule has 2 N–H and O–H groups in total. The topological polar surface area (TPSA) is 58.6 Å². The maximum atomic E-state index is 10.9. The number of amides is 1. The van der Waals surface area contributed by atoms with Crippen LogP contribution in [0.1, 0.15) is 12.8 Å². The lowest BCUT2D eigenvalue weighted by atomic mass is 10.2. The van der Waals surface area contributed by atoms with E-state index in [9.17, 15) is 9.69 Å². The van der Waals surface area contributed by atoms with E-state index in [1.807, 2.05) is 6.66 Å². The van der Waals surface area contributed by atoms with Crippen molar-refractivity contribution >= 4 is 13.6 Å². The minimum atomic E-state index is -1.64. The van der Waals surface area contributed by atoms with Crippen molar-refractivity contribution in [3.05, 3.63) is 0 Å². The maximum Gasteiger partial charge on any atom is 0.407 e. The number of rotatable bonds is 1. The standard InChI is InChI=1S/C8H17NO3P/c1-9-8(10)12-7-3-5-13(2,11)6-4-7/h7,11H,3-6H2,1-2H3,(H,9,10). The fraction of sp³-hybridized carbons (Fsp3) is 0.875. The molecule has 1 amide bonds. The first kappa shape index (κ1) is 10.7. The van der Waals surface area contributed by atoms with Gasteiger partial charge in [-0.3, -0.25) is 0 Å². The molecule has 0 aromatic rings. The van der Waals surface area contributed by atoms with Crippen LogP contribution in [0.25, 0.3) is 0 Å². The van der Waals surface area contributed by atoms with Gasteiger partial charge < -0.3 is 14.9 Å².